The Labute approximate surface area is 86.7 Å². The summed E-state index contributed by atoms with van der Waals surface area (Å²) < 4.78 is 23.7. The first-order valence-electron chi connectivity index (χ1n) is 4.58. The van der Waals surface area contributed by atoms with E-state index in [2.05, 4.69) is 0 Å². The number of hydrogen-bond donors (Lipinski definition) is 0. The minimum Gasteiger partial charge on any atom is -0.223 e. The van der Waals surface area contributed by atoms with E-state index < -0.39 is 9.84 Å². The zero-order chi connectivity index (χ0) is 10.8. The zero-order valence-corrected chi connectivity index (χ0v) is 9.21. The van der Waals surface area contributed by atoms with Crippen LogP contribution in [-0.4, -0.2) is 21.5 Å². The highest BCUT2D eigenvalue weighted by Crippen LogP contribution is 2.16. The van der Waals surface area contributed by atoms with Crippen LogP contribution < -0.4 is 5.46 Å². The summed E-state index contributed by atoms with van der Waals surface area (Å²) in [6.07, 6.45) is 0.618. The molecule has 14 heavy (non-hydrogen) atoms. The molecule has 0 N–H and O–H groups in total. The Balaban J connectivity index is 3.11. The molecule has 74 valence electrons. The summed E-state index contributed by atoms with van der Waals surface area (Å²) in [5, 5.41) is -0.342. The minimum absolute atomic E-state index is 0.342. The van der Waals surface area contributed by atoms with Gasteiger partial charge in [-0.3, -0.25) is 0 Å². The monoisotopic (exact) mass is 208 g/mol. The average Bonchev–Trinajstić information content (AvgIpc) is 2.17. The lowest BCUT2D eigenvalue weighted by molar-refractivity contribution is 0.581. The molecule has 0 spiro atoms. The second-order valence-electron chi connectivity index (χ2n) is 3.33. The van der Waals surface area contributed by atoms with Gasteiger partial charge in [-0.25, -0.2) is 8.42 Å². The van der Waals surface area contributed by atoms with Crippen LogP contribution in [0.4, 0.5) is 0 Å². The molecular weight excluding hydrogens is 195 g/mol. The van der Waals surface area contributed by atoms with E-state index in [1.54, 1.807) is 31.2 Å². The molecule has 0 bridgehead atoms. The third kappa shape index (κ3) is 2.18. The maximum Gasteiger partial charge on any atom is 0.180 e. The highest BCUT2D eigenvalue weighted by molar-refractivity contribution is 7.92. The first-order chi connectivity index (χ1) is 6.48. The van der Waals surface area contributed by atoms with Crippen molar-refractivity contribution in [2.75, 3.05) is 0 Å². The molecule has 1 rings (SSSR count). The lowest BCUT2D eigenvalue weighted by Crippen LogP contribution is -2.17. The molecule has 0 saturated heterocycles. The van der Waals surface area contributed by atoms with Gasteiger partial charge in [0.15, 0.2) is 9.84 Å². The molecule has 0 aliphatic carbocycles. The van der Waals surface area contributed by atoms with Gasteiger partial charge in [-0.05, 0) is 25.5 Å². The second-order valence-corrected chi connectivity index (χ2v) is 5.70. The summed E-state index contributed by atoms with van der Waals surface area (Å²) in [6, 6.07) is 6.32. The summed E-state index contributed by atoms with van der Waals surface area (Å²) in [4.78, 5) is 0.348. The number of rotatable bonds is 3. The molecule has 0 aromatic heterocycles. The summed E-state index contributed by atoms with van der Waals surface area (Å²) in [6.45, 7) is 3.57. The number of hydrogen-bond acceptors (Lipinski definition) is 2. The Hall–Kier alpha value is -0.765. The average molecular weight is 208 g/mol. The molecule has 0 aliphatic heterocycles. The van der Waals surface area contributed by atoms with Crippen LogP contribution in [0.2, 0.25) is 0 Å². The molecule has 0 fully saturated rings. The molecule has 1 aromatic carbocycles. The van der Waals surface area contributed by atoms with E-state index in [-0.39, 0.29) is 5.25 Å². The van der Waals surface area contributed by atoms with E-state index >= 15 is 0 Å². The van der Waals surface area contributed by atoms with Gasteiger partial charge in [0.2, 0.25) is 0 Å². The molecule has 0 amide bonds. The first kappa shape index (κ1) is 11.3. The van der Waals surface area contributed by atoms with E-state index in [9.17, 15) is 8.42 Å². The summed E-state index contributed by atoms with van der Waals surface area (Å²) in [7, 11) is 2.32. The molecule has 4 heteroatoms. The van der Waals surface area contributed by atoms with Gasteiger partial charge in [0, 0.05) is 0 Å². The Morgan fingerprint density at radius 3 is 2.21 bits per heavy atom. The maximum absolute atomic E-state index is 11.8. The summed E-state index contributed by atoms with van der Waals surface area (Å²) >= 11 is 0. The van der Waals surface area contributed by atoms with E-state index in [0.29, 0.717) is 16.8 Å². The van der Waals surface area contributed by atoms with Crippen molar-refractivity contribution < 1.29 is 8.42 Å². The van der Waals surface area contributed by atoms with Crippen molar-refractivity contribution in [2.24, 2.45) is 0 Å². The maximum atomic E-state index is 11.8. The van der Waals surface area contributed by atoms with Crippen molar-refractivity contribution in [3.8, 4) is 0 Å². The van der Waals surface area contributed by atoms with Crippen LogP contribution in [0.5, 0.6) is 0 Å². The molecule has 2 radical (unpaired) electrons. The summed E-state index contributed by atoms with van der Waals surface area (Å²) in [5.74, 6) is 0. The fourth-order valence-electron chi connectivity index (χ4n) is 1.11. The van der Waals surface area contributed by atoms with Gasteiger partial charge in [-0.2, -0.15) is 0 Å². The largest absolute Gasteiger partial charge is 0.223 e. The first-order valence-corrected chi connectivity index (χ1v) is 6.12. The molecular formula is C10H13BO2S. The van der Waals surface area contributed by atoms with Gasteiger partial charge in [-0.15, -0.1) is 0 Å². The molecule has 1 atom stereocenters. The van der Waals surface area contributed by atoms with E-state index in [0.717, 1.165) is 0 Å². The lowest BCUT2D eigenvalue weighted by Gasteiger charge is -2.10. The van der Waals surface area contributed by atoms with Gasteiger partial charge < -0.3 is 0 Å². The fraction of sp³-hybridized carbons (Fsp3) is 0.400. The normalized spacial score (nSPS) is 13.9. The Bertz CT molecular complexity index is 395. The Kier molecular flexibility index (Phi) is 3.37. The van der Waals surface area contributed by atoms with Crippen molar-refractivity contribution >= 4 is 23.1 Å². The topological polar surface area (TPSA) is 34.1 Å². The van der Waals surface area contributed by atoms with Crippen LogP contribution >= 0.6 is 0 Å². The van der Waals surface area contributed by atoms with Crippen LogP contribution in [0.3, 0.4) is 0 Å². The van der Waals surface area contributed by atoms with Crippen LogP contribution in [-0.2, 0) is 9.84 Å². The van der Waals surface area contributed by atoms with Crippen LogP contribution in [0.25, 0.3) is 0 Å². The van der Waals surface area contributed by atoms with Crippen molar-refractivity contribution in [2.45, 2.75) is 30.4 Å². The van der Waals surface area contributed by atoms with Crippen LogP contribution in [0.1, 0.15) is 20.3 Å². The van der Waals surface area contributed by atoms with Crippen molar-refractivity contribution in [3.05, 3.63) is 24.3 Å². The minimum atomic E-state index is -3.16. The highest BCUT2D eigenvalue weighted by atomic mass is 32.2. The predicted octanol–water partition coefficient (Wildman–Crippen LogP) is 1.05. The smallest absolute Gasteiger partial charge is 0.180 e. The Morgan fingerprint density at radius 2 is 1.79 bits per heavy atom. The van der Waals surface area contributed by atoms with Gasteiger partial charge >= 0.3 is 0 Å². The van der Waals surface area contributed by atoms with Crippen molar-refractivity contribution in [1.29, 1.82) is 0 Å². The van der Waals surface area contributed by atoms with Crippen molar-refractivity contribution in [3.63, 3.8) is 0 Å². The van der Waals surface area contributed by atoms with E-state index in [1.165, 1.54) is 0 Å². The highest BCUT2D eigenvalue weighted by Gasteiger charge is 2.20. The van der Waals surface area contributed by atoms with E-state index in [1.807, 2.05) is 6.92 Å². The van der Waals surface area contributed by atoms with Crippen LogP contribution in [0.15, 0.2) is 29.2 Å². The molecule has 1 unspecified atom stereocenters. The van der Waals surface area contributed by atoms with Crippen LogP contribution in [0, 0.1) is 0 Å². The van der Waals surface area contributed by atoms with Gasteiger partial charge in [0.25, 0.3) is 0 Å². The summed E-state index contributed by atoms with van der Waals surface area (Å²) in [5.41, 5.74) is 0.577. The fourth-order valence-corrected chi connectivity index (χ4v) is 2.53. The quantitative estimate of drug-likeness (QED) is 0.696. The third-order valence-electron chi connectivity index (χ3n) is 2.31. The molecule has 0 heterocycles. The molecule has 1 aromatic rings. The van der Waals surface area contributed by atoms with Crippen molar-refractivity contribution in [1.82, 2.24) is 0 Å². The molecule has 0 saturated carbocycles. The zero-order valence-electron chi connectivity index (χ0n) is 8.40. The lowest BCUT2D eigenvalue weighted by atomic mass is 9.97. The van der Waals surface area contributed by atoms with Gasteiger partial charge in [0.1, 0.15) is 7.85 Å². The number of benzene rings is 1. The molecule has 0 aliphatic rings. The Morgan fingerprint density at radius 1 is 1.29 bits per heavy atom. The number of sulfone groups is 1. The predicted molar refractivity (Wildman–Crippen MR) is 58.8 cm³/mol. The third-order valence-corrected chi connectivity index (χ3v) is 4.64. The second kappa shape index (κ2) is 4.17. The standard InChI is InChI=1S/C10H13BO2S/c1-3-8(2)14(12,13)10-6-4-9(11)5-7-10/h4-8H,3H2,1-2H3. The van der Waals surface area contributed by atoms with Gasteiger partial charge in [-0.1, -0.05) is 24.5 Å². The van der Waals surface area contributed by atoms with E-state index in [4.69, 9.17) is 7.85 Å². The van der Waals surface area contributed by atoms with Gasteiger partial charge in [0.05, 0.1) is 10.1 Å². The SMILES string of the molecule is [B]c1ccc(S(=O)(=O)C(C)CC)cc1. The molecule has 2 nitrogen and oxygen atoms in total.